The molecule has 2 fully saturated rings. The van der Waals surface area contributed by atoms with Crippen LogP contribution in [0.25, 0.3) is 0 Å². The highest BCUT2D eigenvalue weighted by Crippen LogP contribution is 2.64. The van der Waals surface area contributed by atoms with Crippen molar-refractivity contribution in [2.45, 2.75) is 74.7 Å². The number of benzene rings is 4. The second-order valence-electron chi connectivity index (χ2n) is 12.1. The fraction of sp³-hybridized carbons (Fsp3) is 0.324. The van der Waals surface area contributed by atoms with Crippen molar-refractivity contribution in [3.05, 3.63) is 138 Å². The maximum absolute atomic E-state index is 13.8. The van der Waals surface area contributed by atoms with E-state index in [1.54, 1.807) is 6.92 Å². The van der Waals surface area contributed by atoms with Crippen molar-refractivity contribution < 1.29 is 4.79 Å². The van der Waals surface area contributed by atoms with E-state index in [2.05, 4.69) is 127 Å². The summed E-state index contributed by atoms with van der Waals surface area (Å²) in [5.41, 5.74) is 4.84. The summed E-state index contributed by atoms with van der Waals surface area (Å²) in [6, 6.07) is 43.8. The van der Waals surface area contributed by atoms with E-state index in [4.69, 9.17) is 0 Å². The van der Waals surface area contributed by atoms with E-state index in [0.29, 0.717) is 5.92 Å². The van der Waals surface area contributed by atoms with Gasteiger partial charge in [-0.05, 0) is 84.1 Å². The van der Waals surface area contributed by atoms with Gasteiger partial charge in [-0.1, -0.05) is 116 Å². The van der Waals surface area contributed by atoms with Gasteiger partial charge in [0.2, 0.25) is 5.91 Å². The molecule has 0 radical (unpaired) electrons. The molecule has 0 saturated heterocycles. The largest absolute Gasteiger partial charge is 0.306 e. The molecule has 2 heteroatoms. The fourth-order valence-corrected chi connectivity index (χ4v) is 8.53. The number of hydrogen-bond donors (Lipinski definition) is 0. The van der Waals surface area contributed by atoms with Crippen LogP contribution in [0, 0.1) is 0 Å². The summed E-state index contributed by atoms with van der Waals surface area (Å²) in [4.78, 5) is 16.0. The lowest BCUT2D eigenvalue weighted by Gasteiger charge is -2.64. The Bertz CT molecular complexity index is 1400. The van der Waals surface area contributed by atoms with Gasteiger partial charge in [-0.25, -0.2) is 0 Å². The van der Waals surface area contributed by atoms with Crippen LogP contribution >= 0.6 is 0 Å². The number of nitrogens with zero attached hydrogens (tertiary/aromatic N) is 1. The van der Waals surface area contributed by atoms with E-state index in [1.165, 1.54) is 16.7 Å². The average molecular weight is 514 g/mol. The van der Waals surface area contributed by atoms with Crippen LogP contribution in [0.2, 0.25) is 0 Å². The first-order valence-electron chi connectivity index (χ1n) is 14.5. The van der Waals surface area contributed by atoms with Crippen molar-refractivity contribution in [2.24, 2.45) is 0 Å². The molecule has 0 heterocycles. The summed E-state index contributed by atoms with van der Waals surface area (Å²) in [5, 5.41) is 0. The van der Waals surface area contributed by atoms with Gasteiger partial charge in [0.15, 0.2) is 0 Å². The summed E-state index contributed by atoms with van der Waals surface area (Å²) >= 11 is 0. The molecule has 1 amide bonds. The minimum atomic E-state index is -0.314. The summed E-state index contributed by atoms with van der Waals surface area (Å²) < 4.78 is 0. The van der Waals surface area contributed by atoms with Crippen molar-refractivity contribution in [1.29, 1.82) is 0 Å². The molecule has 2 saturated carbocycles. The van der Waals surface area contributed by atoms with E-state index >= 15 is 0 Å². The molecule has 0 N–H and O–H groups in total. The van der Waals surface area contributed by atoms with Crippen molar-refractivity contribution in [3.63, 3.8) is 0 Å². The number of carbonyl (C=O) groups is 1. The second-order valence-corrected chi connectivity index (χ2v) is 12.1. The van der Waals surface area contributed by atoms with Crippen LogP contribution in [-0.4, -0.2) is 11.4 Å². The molecule has 198 valence electrons. The highest BCUT2D eigenvalue weighted by molar-refractivity contribution is 5.93. The van der Waals surface area contributed by atoms with E-state index in [0.717, 1.165) is 44.2 Å². The van der Waals surface area contributed by atoms with Gasteiger partial charge in [0, 0.05) is 12.6 Å². The monoisotopic (exact) mass is 513 g/mol. The molecule has 39 heavy (non-hydrogen) atoms. The minimum Gasteiger partial charge on any atom is -0.306 e. The lowest BCUT2D eigenvalue weighted by Crippen LogP contribution is -2.65. The number of anilines is 1. The number of amides is 1. The first kappa shape index (κ1) is 25.6. The quantitative estimate of drug-likeness (QED) is 0.252. The maximum Gasteiger partial charge on any atom is 0.224 e. The summed E-state index contributed by atoms with van der Waals surface area (Å²) in [7, 11) is 0. The lowest BCUT2D eigenvalue weighted by atomic mass is 9.45. The lowest BCUT2D eigenvalue weighted by molar-refractivity contribution is -0.119. The van der Waals surface area contributed by atoms with E-state index in [1.807, 2.05) is 6.07 Å². The van der Waals surface area contributed by atoms with Crippen molar-refractivity contribution in [2.75, 3.05) is 4.90 Å². The zero-order chi connectivity index (χ0) is 26.9. The van der Waals surface area contributed by atoms with E-state index < -0.39 is 0 Å². The Morgan fingerprint density at radius 2 is 1.23 bits per heavy atom. The standard InChI is InChI=1S/C37H39NO/c1-3-35(32-18-10-5-11-19-32)26-36(33-20-12-6-13-21-33)24-31(30-16-8-4-9-17-30)25-37(27-35,28-36)38(29(2)39)34-22-14-7-15-23-34/h4-23,31H,3,24-28H2,1-2H3. The SMILES string of the molecule is CCC1(c2ccccc2)CC2(c3ccccc3)CC(c3ccccc3)CC(N(C(C)=O)c3ccccc3)(C1)C2. The maximum atomic E-state index is 13.8. The molecule has 2 nitrogen and oxygen atoms in total. The van der Waals surface area contributed by atoms with Crippen LogP contribution in [-0.2, 0) is 15.6 Å². The van der Waals surface area contributed by atoms with Crippen molar-refractivity contribution >= 4 is 11.6 Å². The predicted octanol–water partition coefficient (Wildman–Crippen LogP) is 8.83. The van der Waals surface area contributed by atoms with Gasteiger partial charge < -0.3 is 4.90 Å². The van der Waals surface area contributed by atoms with Crippen LogP contribution in [0.4, 0.5) is 5.69 Å². The third-order valence-electron chi connectivity index (χ3n) is 9.80. The minimum absolute atomic E-state index is 0.0283. The molecule has 2 bridgehead atoms. The molecule has 0 spiro atoms. The van der Waals surface area contributed by atoms with Gasteiger partial charge >= 0.3 is 0 Å². The van der Waals surface area contributed by atoms with Crippen LogP contribution in [0.1, 0.15) is 75.0 Å². The molecule has 0 aliphatic heterocycles. The summed E-state index contributed by atoms with van der Waals surface area (Å²) in [6.07, 6.45) is 6.15. The Kier molecular flexibility index (Phi) is 6.67. The number of para-hydroxylation sites is 1. The van der Waals surface area contributed by atoms with Crippen molar-refractivity contribution in [1.82, 2.24) is 0 Å². The molecular weight excluding hydrogens is 474 g/mol. The third kappa shape index (κ3) is 4.50. The Morgan fingerprint density at radius 3 is 1.79 bits per heavy atom. The number of rotatable bonds is 6. The van der Waals surface area contributed by atoms with Crippen LogP contribution in [0.3, 0.4) is 0 Å². The van der Waals surface area contributed by atoms with Gasteiger partial charge in [0.1, 0.15) is 0 Å². The molecular formula is C37H39NO. The van der Waals surface area contributed by atoms with E-state index in [9.17, 15) is 4.79 Å². The molecule has 4 aromatic carbocycles. The van der Waals surface area contributed by atoms with Gasteiger partial charge in [0.05, 0.1) is 5.54 Å². The van der Waals surface area contributed by atoms with Crippen LogP contribution in [0.15, 0.2) is 121 Å². The Morgan fingerprint density at radius 1 is 0.692 bits per heavy atom. The molecule has 4 atom stereocenters. The van der Waals surface area contributed by atoms with Gasteiger partial charge in [-0.15, -0.1) is 0 Å². The molecule has 0 aromatic heterocycles. The number of carbonyl (C=O) groups excluding carboxylic acids is 1. The Labute approximate surface area is 233 Å². The second kappa shape index (κ2) is 10.2. The smallest absolute Gasteiger partial charge is 0.224 e. The molecule has 4 aromatic rings. The van der Waals surface area contributed by atoms with Gasteiger partial charge in [0.25, 0.3) is 0 Å². The average Bonchev–Trinajstić information content (AvgIpc) is 2.98. The third-order valence-corrected chi connectivity index (χ3v) is 9.80. The van der Waals surface area contributed by atoms with Crippen LogP contribution in [0.5, 0.6) is 0 Å². The zero-order valence-electron chi connectivity index (χ0n) is 23.2. The number of fused-ring (bicyclic) bond motifs is 2. The van der Waals surface area contributed by atoms with Crippen molar-refractivity contribution in [3.8, 4) is 0 Å². The van der Waals surface area contributed by atoms with Gasteiger partial charge in [-0.3, -0.25) is 4.79 Å². The Balaban J connectivity index is 1.62. The zero-order valence-corrected chi connectivity index (χ0v) is 23.2. The highest BCUT2D eigenvalue weighted by atomic mass is 16.2. The fourth-order valence-electron chi connectivity index (χ4n) is 8.53. The number of hydrogen-bond acceptors (Lipinski definition) is 1. The van der Waals surface area contributed by atoms with Gasteiger partial charge in [-0.2, -0.15) is 0 Å². The predicted molar refractivity (Wildman–Crippen MR) is 161 cm³/mol. The van der Waals surface area contributed by atoms with Crippen LogP contribution < -0.4 is 4.90 Å². The molecule has 6 rings (SSSR count). The highest BCUT2D eigenvalue weighted by Gasteiger charge is 2.61. The molecule has 2 aliphatic carbocycles. The Hall–Kier alpha value is -3.65. The molecule has 2 aliphatic rings. The summed E-state index contributed by atoms with van der Waals surface area (Å²) in [5.74, 6) is 0.508. The summed E-state index contributed by atoms with van der Waals surface area (Å²) in [6.45, 7) is 4.12. The first-order valence-corrected chi connectivity index (χ1v) is 14.5. The molecule has 4 unspecified atom stereocenters. The first-order chi connectivity index (χ1) is 19.0. The van der Waals surface area contributed by atoms with E-state index in [-0.39, 0.29) is 22.3 Å². The normalized spacial score (nSPS) is 28.0. The topological polar surface area (TPSA) is 20.3 Å².